The summed E-state index contributed by atoms with van der Waals surface area (Å²) in [4.78, 5) is 8.12. The van der Waals surface area contributed by atoms with Crippen LogP contribution in [0.5, 0.6) is 6.01 Å². The predicted octanol–water partition coefficient (Wildman–Crippen LogP) is 2.86. The zero-order chi connectivity index (χ0) is 18.5. The average molecular weight is 365 g/mol. The van der Waals surface area contributed by atoms with Gasteiger partial charge in [0.05, 0.1) is 29.7 Å². The first-order valence-electron chi connectivity index (χ1n) is 7.49. The Bertz CT molecular complexity index is 888. The number of alkyl halides is 2. The average Bonchev–Trinajstić information content (AvgIpc) is 3.10. The van der Waals surface area contributed by atoms with Crippen molar-refractivity contribution < 1.29 is 22.6 Å². The van der Waals surface area contributed by atoms with E-state index in [1.54, 1.807) is 13.2 Å². The van der Waals surface area contributed by atoms with Gasteiger partial charge in [-0.25, -0.2) is 22.8 Å². The fourth-order valence-corrected chi connectivity index (χ4v) is 2.14. The first-order valence-corrected chi connectivity index (χ1v) is 7.49. The van der Waals surface area contributed by atoms with E-state index in [2.05, 4.69) is 20.3 Å². The fourth-order valence-electron chi connectivity index (χ4n) is 2.14. The molecular weight excluding hydrogens is 351 g/mol. The SMILES string of the molecule is COCc1ccnc(OCc2cn(-c3ccc(F)c(C(F)F)c3)nn2)n1. The molecule has 1 aromatic carbocycles. The lowest BCUT2D eigenvalue weighted by Gasteiger charge is -2.05. The summed E-state index contributed by atoms with van der Waals surface area (Å²) in [6.07, 6.45) is 0.108. The number of ether oxygens (including phenoxy) is 2. The normalized spacial score (nSPS) is 11.1. The Morgan fingerprint density at radius 1 is 1.15 bits per heavy atom. The molecular formula is C16H14F3N5O2. The van der Waals surface area contributed by atoms with E-state index in [1.807, 2.05) is 0 Å². The van der Waals surface area contributed by atoms with Crippen LogP contribution in [0, 0.1) is 5.82 Å². The predicted molar refractivity (Wildman–Crippen MR) is 83.4 cm³/mol. The molecule has 3 aromatic rings. The van der Waals surface area contributed by atoms with Crippen LogP contribution in [0.1, 0.15) is 23.4 Å². The Balaban J connectivity index is 1.70. The molecule has 2 aromatic heterocycles. The summed E-state index contributed by atoms with van der Waals surface area (Å²) in [6, 6.07) is 5.16. The van der Waals surface area contributed by atoms with Crippen LogP contribution in [-0.4, -0.2) is 32.1 Å². The lowest BCUT2D eigenvalue weighted by Crippen LogP contribution is -2.02. The summed E-state index contributed by atoms with van der Waals surface area (Å²) in [7, 11) is 1.55. The van der Waals surface area contributed by atoms with Crippen LogP contribution < -0.4 is 4.74 Å². The second-order valence-corrected chi connectivity index (χ2v) is 5.21. The summed E-state index contributed by atoms with van der Waals surface area (Å²) < 4.78 is 50.6. The van der Waals surface area contributed by atoms with Crippen molar-refractivity contribution in [1.82, 2.24) is 25.0 Å². The van der Waals surface area contributed by atoms with Crippen LogP contribution in [0.15, 0.2) is 36.7 Å². The highest BCUT2D eigenvalue weighted by atomic mass is 19.3. The van der Waals surface area contributed by atoms with Crippen molar-refractivity contribution in [1.29, 1.82) is 0 Å². The van der Waals surface area contributed by atoms with Gasteiger partial charge in [-0.05, 0) is 24.3 Å². The third kappa shape index (κ3) is 4.14. The minimum Gasteiger partial charge on any atom is -0.457 e. The van der Waals surface area contributed by atoms with Gasteiger partial charge in [-0.1, -0.05) is 5.21 Å². The highest BCUT2D eigenvalue weighted by molar-refractivity contribution is 5.36. The van der Waals surface area contributed by atoms with E-state index in [4.69, 9.17) is 9.47 Å². The number of benzene rings is 1. The molecule has 0 radical (unpaired) electrons. The summed E-state index contributed by atoms with van der Waals surface area (Å²) in [5.41, 5.74) is 0.651. The van der Waals surface area contributed by atoms with Gasteiger partial charge in [0.25, 0.3) is 6.43 Å². The molecule has 0 saturated carbocycles. The summed E-state index contributed by atoms with van der Waals surface area (Å²) in [5.74, 6) is -0.972. The molecule has 0 saturated heterocycles. The number of methoxy groups -OCH3 is 1. The van der Waals surface area contributed by atoms with Gasteiger partial charge in [-0.3, -0.25) is 0 Å². The van der Waals surface area contributed by atoms with Gasteiger partial charge in [-0.2, -0.15) is 4.98 Å². The molecule has 0 bridgehead atoms. The molecule has 0 fully saturated rings. The lowest BCUT2D eigenvalue weighted by molar-refractivity contribution is 0.146. The van der Waals surface area contributed by atoms with Crippen LogP contribution >= 0.6 is 0 Å². The van der Waals surface area contributed by atoms with E-state index in [9.17, 15) is 13.2 Å². The van der Waals surface area contributed by atoms with E-state index in [-0.39, 0.29) is 18.3 Å². The maximum atomic E-state index is 13.4. The number of aromatic nitrogens is 5. The smallest absolute Gasteiger partial charge is 0.317 e. The molecule has 0 atom stereocenters. The van der Waals surface area contributed by atoms with Crippen molar-refractivity contribution in [3.63, 3.8) is 0 Å². The second-order valence-electron chi connectivity index (χ2n) is 5.21. The Hall–Kier alpha value is -3.01. The van der Waals surface area contributed by atoms with E-state index in [1.165, 1.54) is 23.1 Å². The lowest BCUT2D eigenvalue weighted by atomic mass is 10.2. The summed E-state index contributed by atoms with van der Waals surface area (Å²) >= 11 is 0. The van der Waals surface area contributed by atoms with E-state index in [0.717, 1.165) is 12.1 Å². The van der Waals surface area contributed by atoms with Crippen LogP contribution in [0.25, 0.3) is 5.69 Å². The monoisotopic (exact) mass is 365 g/mol. The molecule has 26 heavy (non-hydrogen) atoms. The Morgan fingerprint density at radius 2 is 2.00 bits per heavy atom. The van der Waals surface area contributed by atoms with Crippen molar-refractivity contribution in [2.75, 3.05) is 7.11 Å². The molecule has 0 aliphatic rings. The molecule has 0 spiro atoms. The quantitative estimate of drug-likeness (QED) is 0.641. The molecule has 0 amide bonds. The third-order valence-corrected chi connectivity index (χ3v) is 3.35. The van der Waals surface area contributed by atoms with Crippen molar-refractivity contribution in [2.45, 2.75) is 19.6 Å². The van der Waals surface area contributed by atoms with Gasteiger partial charge < -0.3 is 9.47 Å². The number of hydrogen-bond donors (Lipinski definition) is 0. The number of halogens is 3. The largest absolute Gasteiger partial charge is 0.457 e. The van der Waals surface area contributed by atoms with Crippen molar-refractivity contribution >= 4 is 0 Å². The van der Waals surface area contributed by atoms with Gasteiger partial charge in [0.1, 0.15) is 18.1 Å². The molecule has 10 heteroatoms. The molecule has 2 heterocycles. The molecule has 7 nitrogen and oxygen atoms in total. The highest BCUT2D eigenvalue weighted by Gasteiger charge is 2.15. The molecule has 0 N–H and O–H groups in total. The number of rotatable bonds is 7. The van der Waals surface area contributed by atoms with Crippen LogP contribution in [0.3, 0.4) is 0 Å². The number of nitrogens with zero attached hydrogens (tertiary/aromatic N) is 5. The summed E-state index contributed by atoms with van der Waals surface area (Å²) in [5, 5.41) is 7.72. The third-order valence-electron chi connectivity index (χ3n) is 3.35. The zero-order valence-electron chi connectivity index (χ0n) is 13.6. The minimum absolute atomic E-state index is 0.0271. The Labute approximate surface area is 146 Å². The maximum absolute atomic E-state index is 13.4. The topological polar surface area (TPSA) is 75.0 Å². The van der Waals surface area contributed by atoms with Gasteiger partial charge in [-0.15, -0.1) is 5.10 Å². The second kappa shape index (κ2) is 7.91. The first-order chi connectivity index (χ1) is 12.6. The summed E-state index contributed by atoms with van der Waals surface area (Å²) in [6.45, 7) is 0.353. The Morgan fingerprint density at radius 3 is 2.77 bits per heavy atom. The van der Waals surface area contributed by atoms with Gasteiger partial charge in [0.2, 0.25) is 0 Å². The molecule has 0 unspecified atom stereocenters. The zero-order valence-corrected chi connectivity index (χ0v) is 13.6. The van der Waals surface area contributed by atoms with Gasteiger partial charge in [0.15, 0.2) is 0 Å². The maximum Gasteiger partial charge on any atom is 0.317 e. The van der Waals surface area contributed by atoms with E-state index < -0.39 is 17.8 Å². The molecule has 136 valence electrons. The number of hydrogen-bond acceptors (Lipinski definition) is 6. The van der Waals surface area contributed by atoms with Crippen LogP contribution in [-0.2, 0) is 18.0 Å². The van der Waals surface area contributed by atoms with Crippen molar-refractivity contribution in [3.8, 4) is 11.7 Å². The molecule has 0 aliphatic heterocycles. The Kier molecular flexibility index (Phi) is 5.42. The van der Waals surface area contributed by atoms with Crippen LogP contribution in [0.4, 0.5) is 13.2 Å². The standard InChI is InChI=1S/C16H14F3N5O2/c1-25-8-10-4-5-20-16(21-10)26-9-11-7-24(23-22-11)12-2-3-14(17)13(6-12)15(18)19/h2-7,15H,8-9H2,1H3. The van der Waals surface area contributed by atoms with Crippen LogP contribution in [0.2, 0.25) is 0 Å². The van der Waals surface area contributed by atoms with Crippen molar-refractivity contribution in [2.24, 2.45) is 0 Å². The molecule has 3 rings (SSSR count). The first kappa shape index (κ1) is 17.8. The van der Waals surface area contributed by atoms with Gasteiger partial charge >= 0.3 is 6.01 Å². The highest BCUT2D eigenvalue weighted by Crippen LogP contribution is 2.24. The van der Waals surface area contributed by atoms with E-state index in [0.29, 0.717) is 18.0 Å². The minimum atomic E-state index is -2.92. The van der Waals surface area contributed by atoms with Crippen molar-refractivity contribution in [3.05, 3.63) is 59.4 Å². The van der Waals surface area contributed by atoms with Gasteiger partial charge in [0, 0.05) is 13.3 Å². The fraction of sp³-hybridized carbons (Fsp3) is 0.250. The van der Waals surface area contributed by atoms with E-state index >= 15 is 0 Å². The molecule has 0 aliphatic carbocycles.